The minimum absolute atomic E-state index is 0.123. The summed E-state index contributed by atoms with van der Waals surface area (Å²) in [7, 11) is 2.01. The summed E-state index contributed by atoms with van der Waals surface area (Å²) in [6.07, 6.45) is 2.40. The molecule has 2 aromatic rings. The Morgan fingerprint density at radius 3 is 2.70 bits per heavy atom. The van der Waals surface area contributed by atoms with Crippen LogP contribution < -0.4 is 0 Å². The second kappa shape index (κ2) is 8.32. The highest BCUT2D eigenvalue weighted by atomic mass is 35.5. The van der Waals surface area contributed by atoms with E-state index in [0.717, 1.165) is 40.2 Å². The number of halogens is 2. The van der Waals surface area contributed by atoms with Crippen LogP contribution in [0, 0.1) is 13.8 Å². The molecule has 4 nitrogen and oxygen atoms in total. The Morgan fingerprint density at radius 2 is 2.00 bits per heavy atom. The lowest BCUT2D eigenvalue weighted by Gasteiger charge is -2.15. The normalized spacial score (nSPS) is 16.5. The van der Waals surface area contributed by atoms with E-state index in [1.165, 1.54) is 0 Å². The lowest BCUT2D eigenvalue weighted by atomic mass is 9.95. The molecule has 1 unspecified atom stereocenters. The molecule has 0 bridgehead atoms. The van der Waals surface area contributed by atoms with E-state index in [0.29, 0.717) is 16.5 Å². The van der Waals surface area contributed by atoms with Gasteiger partial charge in [0.15, 0.2) is 6.10 Å². The molecule has 1 aliphatic rings. The third-order valence-electron chi connectivity index (χ3n) is 4.74. The Morgan fingerprint density at radius 1 is 1.22 bits per heavy atom. The first-order chi connectivity index (χ1) is 12.9. The molecule has 1 aliphatic heterocycles. The summed E-state index contributed by atoms with van der Waals surface area (Å²) in [6, 6.07) is 9.66. The van der Waals surface area contributed by atoms with Crippen molar-refractivity contribution in [2.75, 3.05) is 13.6 Å². The first kappa shape index (κ1) is 19.7. The van der Waals surface area contributed by atoms with Crippen molar-refractivity contribution in [2.24, 2.45) is 10.1 Å². The van der Waals surface area contributed by atoms with Gasteiger partial charge >= 0.3 is 0 Å². The Hall–Kier alpha value is -2.04. The molecule has 1 atom stereocenters. The van der Waals surface area contributed by atoms with Gasteiger partial charge in [-0.3, -0.25) is 0 Å². The molecular weight excluding hydrogens is 381 g/mol. The van der Waals surface area contributed by atoms with Crippen LogP contribution in [0.3, 0.4) is 0 Å². The molecule has 0 amide bonds. The third-order valence-corrected chi connectivity index (χ3v) is 5.28. The number of rotatable bonds is 5. The van der Waals surface area contributed by atoms with Gasteiger partial charge in [0.25, 0.3) is 0 Å². The lowest BCUT2D eigenvalue weighted by Crippen LogP contribution is -2.14. The SMILES string of the molecule is CCN(C)C=Nc1cc(C)c(C2CC(c3ccc(Cl)cc3Cl)=NO2)cc1C. The van der Waals surface area contributed by atoms with Crippen LogP contribution in [0.4, 0.5) is 5.69 Å². The van der Waals surface area contributed by atoms with E-state index in [-0.39, 0.29) is 6.10 Å². The Kier molecular flexibility index (Phi) is 6.08. The first-order valence-corrected chi connectivity index (χ1v) is 9.68. The van der Waals surface area contributed by atoms with E-state index in [2.05, 4.69) is 43.1 Å². The van der Waals surface area contributed by atoms with Gasteiger partial charge in [0.05, 0.1) is 22.8 Å². The zero-order chi connectivity index (χ0) is 19.6. The van der Waals surface area contributed by atoms with Gasteiger partial charge in [0.2, 0.25) is 0 Å². The van der Waals surface area contributed by atoms with Gasteiger partial charge in [-0.2, -0.15) is 0 Å². The fourth-order valence-corrected chi connectivity index (χ4v) is 3.50. The van der Waals surface area contributed by atoms with Crippen LogP contribution in [0.1, 0.15) is 41.7 Å². The van der Waals surface area contributed by atoms with Gasteiger partial charge in [-0.15, -0.1) is 0 Å². The van der Waals surface area contributed by atoms with Gasteiger partial charge in [-0.1, -0.05) is 34.4 Å². The van der Waals surface area contributed by atoms with Crippen LogP contribution in [-0.4, -0.2) is 30.5 Å². The number of nitrogens with zero attached hydrogens (tertiary/aromatic N) is 3. The average molecular weight is 404 g/mol. The predicted octanol–water partition coefficient (Wildman–Crippen LogP) is 6.09. The van der Waals surface area contributed by atoms with Gasteiger partial charge in [0, 0.05) is 30.6 Å². The fraction of sp³-hybridized carbons (Fsp3) is 0.333. The number of hydrogen-bond acceptors (Lipinski definition) is 3. The van der Waals surface area contributed by atoms with E-state index in [1.54, 1.807) is 6.07 Å². The van der Waals surface area contributed by atoms with Crippen LogP contribution >= 0.6 is 23.2 Å². The topological polar surface area (TPSA) is 37.2 Å². The Labute approximate surface area is 170 Å². The molecule has 2 aromatic carbocycles. The van der Waals surface area contributed by atoms with Crippen molar-refractivity contribution in [3.63, 3.8) is 0 Å². The van der Waals surface area contributed by atoms with Gasteiger partial charge in [-0.05, 0) is 61.7 Å². The molecule has 6 heteroatoms. The molecule has 0 spiro atoms. The molecule has 0 aliphatic carbocycles. The van der Waals surface area contributed by atoms with Crippen LogP contribution in [0.25, 0.3) is 0 Å². The second-order valence-electron chi connectivity index (χ2n) is 6.77. The standard InChI is InChI=1S/C21H23Cl2N3O/c1-5-26(4)12-24-19-9-13(2)17(8-14(19)3)21-11-20(25-27-21)16-7-6-15(22)10-18(16)23/h6-10,12,21H,5,11H2,1-4H3. The lowest BCUT2D eigenvalue weighted by molar-refractivity contribution is 0.0852. The summed E-state index contributed by atoms with van der Waals surface area (Å²) in [5.41, 5.74) is 6.04. The van der Waals surface area contributed by atoms with E-state index < -0.39 is 0 Å². The van der Waals surface area contributed by atoms with Crippen molar-refractivity contribution in [1.82, 2.24) is 4.90 Å². The third kappa shape index (κ3) is 4.45. The van der Waals surface area contributed by atoms with Crippen molar-refractivity contribution < 1.29 is 4.84 Å². The fourth-order valence-electron chi connectivity index (χ4n) is 2.98. The van der Waals surface area contributed by atoms with Crippen molar-refractivity contribution >= 4 is 40.9 Å². The van der Waals surface area contributed by atoms with Gasteiger partial charge < -0.3 is 9.74 Å². The molecule has 0 saturated heterocycles. The van der Waals surface area contributed by atoms with Crippen LogP contribution in [0.5, 0.6) is 0 Å². The number of aliphatic imine (C=N–C) groups is 1. The predicted molar refractivity (Wildman–Crippen MR) is 114 cm³/mol. The zero-order valence-corrected chi connectivity index (χ0v) is 17.5. The number of oxime groups is 1. The second-order valence-corrected chi connectivity index (χ2v) is 7.62. The van der Waals surface area contributed by atoms with E-state index in [1.807, 2.05) is 30.4 Å². The molecule has 0 fully saturated rings. The maximum atomic E-state index is 6.31. The quantitative estimate of drug-likeness (QED) is 0.447. The molecular formula is C21H23Cl2N3O. The molecule has 0 radical (unpaired) electrons. The maximum absolute atomic E-state index is 6.31. The van der Waals surface area contributed by atoms with E-state index in [4.69, 9.17) is 28.0 Å². The summed E-state index contributed by atoms with van der Waals surface area (Å²) >= 11 is 12.3. The molecule has 3 rings (SSSR count). The van der Waals surface area contributed by atoms with Crippen LogP contribution in [0.15, 0.2) is 40.5 Å². The van der Waals surface area contributed by atoms with E-state index >= 15 is 0 Å². The van der Waals surface area contributed by atoms with Crippen molar-refractivity contribution in [2.45, 2.75) is 33.3 Å². The highest BCUT2D eigenvalue weighted by Crippen LogP contribution is 2.36. The van der Waals surface area contributed by atoms with Crippen molar-refractivity contribution in [3.8, 4) is 0 Å². The zero-order valence-electron chi connectivity index (χ0n) is 16.0. The molecule has 142 valence electrons. The molecule has 0 aromatic heterocycles. The molecule has 0 saturated carbocycles. The molecule has 1 heterocycles. The number of benzene rings is 2. The summed E-state index contributed by atoms with van der Waals surface area (Å²) in [5.74, 6) is 0. The van der Waals surface area contributed by atoms with Crippen LogP contribution in [0.2, 0.25) is 10.0 Å². The highest BCUT2D eigenvalue weighted by Gasteiger charge is 2.27. The van der Waals surface area contributed by atoms with E-state index in [9.17, 15) is 0 Å². The van der Waals surface area contributed by atoms with Crippen molar-refractivity contribution in [1.29, 1.82) is 0 Å². The summed E-state index contributed by atoms with van der Waals surface area (Å²) in [5, 5.41) is 5.46. The summed E-state index contributed by atoms with van der Waals surface area (Å²) < 4.78 is 0. The molecule has 0 N–H and O–H groups in total. The number of aryl methyl sites for hydroxylation is 2. The smallest absolute Gasteiger partial charge is 0.158 e. The minimum Gasteiger partial charge on any atom is -0.387 e. The highest BCUT2D eigenvalue weighted by molar-refractivity contribution is 6.37. The first-order valence-electron chi connectivity index (χ1n) is 8.92. The average Bonchev–Trinajstić information content (AvgIpc) is 3.11. The number of hydrogen-bond donors (Lipinski definition) is 0. The van der Waals surface area contributed by atoms with Gasteiger partial charge in [0.1, 0.15) is 0 Å². The van der Waals surface area contributed by atoms with Crippen molar-refractivity contribution in [3.05, 3.63) is 62.6 Å². The molecule has 27 heavy (non-hydrogen) atoms. The van der Waals surface area contributed by atoms with Crippen LogP contribution in [-0.2, 0) is 4.84 Å². The Bertz CT molecular complexity index is 909. The largest absolute Gasteiger partial charge is 0.387 e. The summed E-state index contributed by atoms with van der Waals surface area (Å²) in [6.45, 7) is 7.15. The monoisotopic (exact) mass is 403 g/mol. The van der Waals surface area contributed by atoms with Gasteiger partial charge in [-0.25, -0.2) is 4.99 Å². The Balaban J connectivity index is 1.80. The minimum atomic E-state index is -0.123. The summed E-state index contributed by atoms with van der Waals surface area (Å²) in [4.78, 5) is 12.4. The maximum Gasteiger partial charge on any atom is 0.158 e.